The third-order valence-corrected chi connectivity index (χ3v) is 4.73. The van der Waals surface area contributed by atoms with Crippen LogP contribution in [-0.4, -0.2) is 16.2 Å². The molecule has 1 heterocycles. The Bertz CT molecular complexity index is 530. The normalized spacial score (nSPS) is 22.7. The van der Waals surface area contributed by atoms with E-state index in [1.807, 2.05) is 6.07 Å². The molecule has 1 aromatic heterocycles. The highest BCUT2D eigenvalue weighted by Gasteiger charge is 2.17. The van der Waals surface area contributed by atoms with Crippen molar-refractivity contribution >= 4 is 5.69 Å². The van der Waals surface area contributed by atoms with E-state index in [1.165, 1.54) is 49.8 Å². The molecule has 3 rings (SSSR count). The predicted octanol–water partition coefficient (Wildman–Crippen LogP) is 4.85. The van der Waals surface area contributed by atoms with Crippen LogP contribution in [0.5, 0.6) is 0 Å². The average Bonchev–Trinajstić information content (AvgIpc) is 2.96. The standard InChI is InChI=1S/C18H25N3/c1-2-14-4-3-5-16(9-6-14)20-17-10-7-15(8-11-17)18-12-13-19-21-18/h7-8,10-14,16,20H,2-6,9H2,1H3,(H,19,21). The van der Waals surface area contributed by atoms with Crippen molar-refractivity contribution in [2.75, 3.05) is 5.32 Å². The molecule has 2 aromatic rings. The molecule has 0 aliphatic heterocycles. The minimum absolute atomic E-state index is 0.638. The Morgan fingerprint density at radius 3 is 2.67 bits per heavy atom. The summed E-state index contributed by atoms with van der Waals surface area (Å²) in [5.41, 5.74) is 3.49. The summed E-state index contributed by atoms with van der Waals surface area (Å²) >= 11 is 0. The van der Waals surface area contributed by atoms with Gasteiger partial charge >= 0.3 is 0 Å². The molecule has 2 atom stereocenters. The Labute approximate surface area is 127 Å². The van der Waals surface area contributed by atoms with Crippen molar-refractivity contribution in [2.45, 2.75) is 51.5 Å². The third kappa shape index (κ3) is 3.66. The monoisotopic (exact) mass is 283 g/mol. The molecule has 3 heteroatoms. The van der Waals surface area contributed by atoms with Crippen molar-refractivity contribution in [1.29, 1.82) is 0 Å². The highest BCUT2D eigenvalue weighted by atomic mass is 15.1. The maximum Gasteiger partial charge on any atom is 0.0650 e. The Morgan fingerprint density at radius 2 is 1.95 bits per heavy atom. The van der Waals surface area contributed by atoms with Gasteiger partial charge in [0.25, 0.3) is 0 Å². The summed E-state index contributed by atoms with van der Waals surface area (Å²) in [6.45, 7) is 2.33. The molecular formula is C18H25N3. The van der Waals surface area contributed by atoms with Gasteiger partial charge in [0.05, 0.1) is 5.69 Å². The van der Waals surface area contributed by atoms with Crippen molar-refractivity contribution < 1.29 is 0 Å². The molecule has 1 saturated carbocycles. The van der Waals surface area contributed by atoms with E-state index in [4.69, 9.17) is 0 Å². The van der Waals surface area contributed by atoms with E-state index < -0.39 is 0 Å². The van der Waals surface area contributed by atoms with E-state index in [9.17, 15) is 0 Å². The molecule has 0 spiro atoms. The van der Waals surface area contributed by atoms with Gasteiger partial charge in [-0.2, -0.15) is 5.10 Å². The lowest BCUT2D eigenvalue weighted by Gasteiger charge is -2.18. The van der Waals surface area contributed by atoms with Gasteiger partial charge in [0, 0.05) is 17.9 Å². The predicted molar refractivity (Wildman–Crippen MR) is 88.3 cm³/mol. The highest BCUT2D eigenvalue weighted by Crippen LogP contribution is 2.28. The molecule has 21 heavy (non-hydrogen) atoms. The average molecular weight is 283 g/mol. The Kier molecular flexibility index (Phi) is 4.59. The van der Waals surface area contributed by atoms with Gasteiger partial charge in [-0.15, -0.1) is 0 Å². The van der Waals surface area contributed by atoms with Crippen LogP contribution in [0.1, 0.15) is 45.4 Å². The summed E-state index contributed by atoms with van der Waals surface area (Å²) in [6.07, 6.45) is 9.89. The smallest absolute Gasteiger partial charge is 0.0650 e. The van der Waals surface area contributed by atoms with Crippen molar-refractivity contribution in [3.05, 3.63) is 36.5 Å². The quantitative estimate of drug-likeness (QED) is 0.788. The lowest BCUT2D eigenvalue weighted by atomic mass is 9.98. The van der Waals surface area contributed by atoms with Crippen LogP contribution < -0.4 is 5.32 Å². The molecule has 3 nitrogen and oxygen atoms in total. The molecule has 2 N–H and O–H groups in total. The zero-order valence-electron chi connectivity index (χ0n) is 12.8. The molecule has 1 fully saturated rings. The first-order valence-corrected chi connectivity index (χ1v) is 8.21. The van der Waals surface area contributed by atoms with Gasteiger partial charge in [-0.1, -0.05) is 38.3 Å². The fourth-order valence-corrected chi connectivity index (χ4v) is 3.33. The van der Waals surface area contributed by atoms with E-state index in [0.29, 0.717) is 6.04 Å². The molecular weight excluding hydrogens is 258 g/mol. The fourth-order valence-electron chi connectivity index (χ4n) is 3.33. The van der Waals surface area contributed by atoms with Crippen LogP contribution in [0.2, 0.25) is 0 Å². The number of H-pyrrole nitrogens is 1. The molecule has 112 valence electrons. The van der Waals surface area contributed by atoms with Gasteiger partial charge in [0.1, 0.15) is 0 Å². The number of anilines is 1. The second kappa shape index (κ2) is 6.79. The number of nitrogens with zero attached hydrogens (tertiary/aromatic N) is 1. The Morgan fingerprint density at radius 1 is 1.10 bits per heavy atom. The van der Waals surface area contributed by atoms with Crippen LogP contribution in [0, 0.1) is 5.92 Å². The lowest BCUT2D eigenvalue weighted by Crippen LogP contribution is -2.18. The summed E-state index contributed by atoms with van der Waals surface area (Å²) in [7, 11) is 0. The summed E-state index contributed by atoms with van der Waals surface area (Å²) < 4.78 is 0. The minimum atomic E-state index is 0.638. The molecule has 1 aromatic carbocycles. The van der Waals surface area contributed by atoms with Crippen LogP contribution in [0.25, 0.3) is 11.3 Å². The van der Waals surface area contributed by atoms with E-state index in [2.05, 4.69) is 46.7 Å². The molecule has 0 bridgehead atoms. The fraction of sp³-hybridized carbons (Fsp3) is 0.500. The van der Waals surface area contributed by atoms with E-state index in [-0.39, 0.29) is 0 Å². The number of hydrogen-bond donors (Lipinski definition) is 2. The lowest BCUT2D eigenvalue weighted by molar-refractivity contribution is 0.444. The largest absolute Gasteiger partial charge is 0.382 e. The van der Waals surface area contributed by atoms with Crippen molar-refractivity contribution in [3.63, 3.8) is 0 Å². The van der Waals surface area contributed by atoms with Crippen LogP contribution in [0.15, 0.2) is 36.5 Å². The van der Waals surface area contributed by atoms with Gasteiger partial charge in [-0.3, -0.25) is 5.10 Å². The van der Waals surface area contributed by atoms with Crippen LogP contribution in [-0.2, 0) is 0 Å². The summed E-state index contributed by atoms with van der Waals surface area (Å²) in [5, 5.41) is 10.7. The van der Waals surface area contributed by atoms with Gasteiger partial charge in [0.15, 0.2) is 0 Å². The first kappa shape index (κ1) is 14.2. The van der Waals surface area contributed by atoms with E-state index in [0.717, 1.165) is 11.6 Å². The van der Waals surface area contributed by atoms with Crippen LogP contribution in [0.3, 0.4) is 0 Å². The highest BCUT2D eigenvalue weighted by molar-refractivity contribution is 5.62. The zero-order chi connectivity index (χ0) is 14.5. The molecule has 1 aliphatic carbocycles. The number of aromatic nitrogens is 2. The SMILES string of the molecule is CCC1CCCC(Nc2ccc(-c3ccn[nH]3)cc2)CC1. The maximum atomic E-state index is 4.00. The molecule has 0 saturated heterocycles. The summed E-state index contributed by atoms with van der Waals surface area (Å²) in [6, 6.07) is 11.3. The van der Waals surface area contributed by atoms with E-state index >= 15 is 0 Å². The van der Waals surface area contributed by atoms with E-state index in [1.54, 1.807) is 6.20 Å². The maximum absolute atomic E-state index is 4.00. The van der Waals surface area contributed by atoms with Crippen molar-refractivity contribution in [3.8, 4) is 11.3 Å². The minimum Gasteiger partial charge on any atom is -0.382 e. The summed E-state index contributed by atoms with van der Waals surface area (Å²) in [4.78, 5) is 0. The molecule has 0 radical (unpaired) electrons. The van der Waals surface area contributed by atoms with Crippen LogP contribution in [0.4, 0.5) is 5.69 Å². The van der Waals surface area contributed by atoms with Gasteiger partial charge < -0.3 is 5.32 Å². The van der Waals surface area contributed by atoms with Gasteiger partial charge in [-0.05, 0) is 48.9 Å². The second-order valence-electron chi connectivity index (χ2n) is 6.17. The number of benzene rings is 1. The number of nitrogens with one attached hydrogen (secondary N) is 2. The molecule has 2 unspecified atom stereocenters. The molecule has 1 aliphatic rings. The second-order valence-corrected chi connectivity index (χ2v) is 6.17. The number of rotatable bonds is 4. The van der Waals surface area contributed by atoms with Crippen molar-refractivity contribution in [2.24, 2.45) is 5.92 Å². The Hall–Kier alpha value is -1.77. The first-order valence-electron chi connectivity index (χ1n) is 8.21. The van der Waals surface area contributed by atoms with Gasteiger partial charge in [-0.25, -0.2) is 0 Å². The first-order chi connectivity index (χ1) is 10.3. The molecule has 0 amide bonds. The third-order valence-electron chi connectivity index (χ3n) is 4.73. The zero-order valence-corrected chi connectivity index (χ0v) is 12.8. The number of aromatic amines is 1. The summed E-state index contributed by atoms with van der Waals surface area (Å²) in [5.74, 6) is 0.944. The Balaban J connectivity index is 1.60. The van der Waals surface area contributed by atoms with Gasteiger partial charge in [0.2, 0.25) is 0 Å². The van der Waals surface area contributed by atoms with Crippen LogP contribution >= 0.6 is 0 Å². The van der Waals surface area contributed by atoms with Crippen molar-refractivity contribution in [1.82, 2.24) is 10.2 Å². The number of hydrogen-bond acceptors (Lipinski definition) is 2. The topological polar surface area (TPSA) is 40.7 Å².